The van der Waals surface area contributed by atoms with Gasteiger partial charge in [-0.25, -0.2) is 9.97 Å². The van der Waals surface area contributed by atoms with Gasteiger partial charge in [-0.2, -0.15) is 0 Å². The summed E-state index contributed by atoms with van der Waals surface area (Å²) >= 11 is 3.29. The third-order valence-corrected chi connectivity index (χ3v) is 4.12. The Balaban J connectivity index is 1.62. The van der Waals surface area contributed by atoms with E-state index in [0.29, 0.717) is 12.5 Å². The van der Waals surface area contributed by atoms with E-state index in [1.165, 1.54) is 5.56 Å². The monoisotopic (exact) mass is 360 g/mol. The van der Waals surface area contributed by atoms with Crippen LogP contribution < -0.4 is 5.32 Å². The summed E-state index contributed by atoms with van der Waals surface area (Å²) in [5.74, 6) is 0.589. The van der Waals surface area contributed by atoms with Gasteiger partial charge < -0.3 is 10.2 Å². The summed E-state index contributed by atoms with van der Waals surface area (Å²) in [6.45, 7) is 3.46. The van der Waals surface area contributed by atoms with Crippen LogP contribution in [0.3, 0.4) is 0 Å². The van der Waals surface area contributed by atoms with Gasteiger partial charge in [-0.3, -0.25) is 4.79 Å². The van der Waals surface area contributed by atoms with E-state index >= 15 is 0 Å². The third-order valence-electron chi connectivity index (χ3n) is 3.72. The molecule has 2 heterocycles. The molecule has 1 aromatic heterocycles. The van der Waals surface area contributed by atoms with Crippen LogP contribution in [0.4, 0.5) is 5.95 Å². The number of nitrogens with one attached hydrogen (secondary N) is 1. The van der Waals surface area contributed by atoms with Crippen molar-refractivity contribution < 1.29 is 4.79 Å². The summed E-state index contributed by atoms with van der Waals surface area (Å²) in [4.78, 5) is 22.6. The minimum absolute atomic E-state index is 0.104. The molecule has 1 amide bonds. The van der Waals surface area contributed by atoms with Crippen LogP contribution in [-0.4, -0.2) is 33.4 Å². The lowest BCUT2D eigenvalue weighted by molar-refractivity contribution is -0.128. The van der Waals surface area contributed by atoms with Gasteiger partial charge in [0.05, 0.1) is 4.47 Å². The van der Waals surface area contributed by atoms with Gasteiger partial charge in [-0.15, -0.1) is 0 Å². The maximum Gasteiger partial charge on any atom is 0.245 e. The molecule has 1 aliphatic heterocycles. The molecule has 0 spiro atoms. The number of hydrogen-bond donors (Lipinski definition) is 1. The minimum Gasteiger partial charge on any atom is -0.342 e. The number of hydrogen-bond acceptors (Lipinski definition) is 4. The molecule has 22 heavy (non-hydrogen) atoms. The van der Waals surface area contributed by atoms with E-state index in [4.69, 9.17) is 0 Å². The summed E-state index contributed by atoms with van der Waals surface area (Å²) in [6.07, 6.45) is 4.10. The average Bonchev–Trinajstić information content (AvgIpc) is 2.85. The lowest BCUT2D eigenvalue weighted by Crippen LogP contribution is -2.33. The van der Waals surface area contributed by atoms with E-state index in [1.807, 2.05) is 4.90 Å². The van der Waals surface area contributed by atoms with Gasteiger partial charge in [-0.05, 0) is 34.8 Å². The number of benzene rings is 1. The average molecular weight is 361 g/mol. The Hall–Kier alpha value is -1.95. The summed E-state index contributed by atoms with van der Waals surface area (Å²) in [7, 11) is 0. The molecule has 1 aromatic carbocycles. The van der Waals surface area contributed by atoms with Crippen LogP contribution in [0.15, 0.2) is 41.1 Å². The lowest BCUT2D eigenvalue weighted by atomic mass is 10.1. The maximum atomic E-state index is 12.4. The van der Waals surface area contributed by atoms with E-state index < -0.39 is 0 Å². The molecule has 6 heteroatoms. The molecule has 0 bridgehead atoms. The maximum absolute atomic E-state index is 12.4. The first-order valence-corrected chi connectivity index (χ1v) is 7.99. The van der Waals surface area contributed by atoms with Crippen molar-refractivity contribution in [3.05, 3.63) is 52.3 Å². The van der Waals surface area contributed by atoms with Crippen LogP contribution in [-0.2, 0) is 11.3 Å². The van der Waals surface area contributed by atoms with Gasteiger partial charge in [0.25, 0.3) is 0 Å². The molecule has 5 nitrogen and oxygen atoms in total. The number of aryl methyl sites for hydroxylation is 1. The molecule has 1 N–H and O–H groups in total. The zero-order valence-corrected chi connectivity index (χ0v) is 13.9. The Bertz CT molecular complexity index is 599. The highest BCUT2D eigenvalue weighted by molar-refractivity contribution is 9.10. The predicted octanol–water partition coefficient (Wildman–Crippen LogP) is 2.76. The van der Waals surface area contributed by atoms with Crippen molar-refractivity contribution in [1.82, 2.24) is 14.9 Å². The number of carbonyl (C=O) groups is 1. The smallest absolute Gasteiger partial charge is 0.245 e. The molecule has 1 atom stereocenters. The van der Waals surface area contributed by atoms with Crippen LogP contribution in [0, 0.1) is 6.92 Å². The fourth-order valence-electron chi connectivity index (χ4n) is 2.49. The Kier molecular flexibility index (Phi) is 4.38. The predicted molar refractivity (Wildman–Crippen MR) is 88.4 cm³/mol. The van der Waals surface area contributed by atoms with E-state index in [2.05, 4.69) is 62.4 Å². The Morgan fingerprint density at radius 2 is 1.95 bits per heavy atom. The van der Waals surface area contributed by atoms with E-state index in [0.717, 1.165) is 23.0 Å². The minimum atomic E-state index is -0.244. The van der Waals surface area contributed by atoms with Crippen molar-refractivity contribution in [3.63, 3.8) is 0 Å². The van der Waals surface area contributed by atoms with Crippen LogP contribution >= 0.6 is 15.9 Å². The van der Waals surface area contributed by atoms with Gasteiger partial charge >= 0.3 is 0 Å². The van der Waals surface area contributed by atoms with Crippen LogP contribution in [0.5, 0.6) is 0 Å². The molecule has 3 rings (SSSR count). The first-order valence-electron chi connectivity index (χ1n) is 7.20. The molecule has 1 fully saturated rings. The molecule has 0 aliphatic carbocycles. The highest BCUT2D eigenvalue weighted by Gasteiger charge is 2.31. The van der Waals surface area contributed by atoms with Crippen molar-refractivity contribution in [3.8, 4) is 0 Å². The first-order chi connectivity index (χ1) is 10.6. The third kappa shape index (κ3) is 3.44. The van der Waals surface area contributed by atoms with E-state index in [1.54, 1.807) is 12.4 Å². The largest absolute Gasteiger partial charge is 0.342 e. The second-order valence-electron chi connectivity index (χ2n) is 5.46. The molecule has 1 saturated heterocycles. The van der Waals surface area contributed by atoms with Crippen LogP contribution in [0.25, 0.3) is 0 Å². The Labute approximate surface area is 137 Å². The van der Waals surface area contributed by atoms with Crippen molar-refractivity contribution in [2.24, 2.45) is 0 Å². The summed E-state index contributed by atoms with van der Waals surface area (Å²) in [5.41, 5.74) is 2.38. The quantitative estimate of drug-likeness (QED) is 0.910. The first kappa shape index (κ1) is 15.0. The number of rotatable bonds is 4. The second kappa shape index (κ2) is 6.44. The van der Waals surface area contributed by atoms with Crippen molar-refractivity contribution in [1.29, 1.82) is 0 Å². The standard InChI is InChI=1S/C16H17BrN4O/c1-11-2-4-12(5-3-11)10-21-7-6-14(15(21)22)20-16-18-8-13(17)9-19-16/h2-5,8-9,14H,6-7,10H2,1H3,(H,18,19,20). The van der Waals surface area contributed by atoms with Gasteiger partial charge in [0.2, 0.25) is 11.9 Å². The highest BCUT2D eigenvalue weighted by Crippen LogP contribution is 2.18. The number of carbonyl (C=O) groups excluding carboxylic acids is 1. The topological polar surface area (TPSA) is 58.1 Å². The van der Waals surface area contributed by atoms with Gasteiger partial charge in [0, 0.05) is 25.5 Å². The highest BCUT2D eigenvalue weighted by atomic mass is 79.9. The molecule has 2 aromatic rings. The molecule has 1 aliphatic rings. The number of amides is 1. The summed E-state index contributed by atoms with van der Waals surface area (Å²) < 4.78 is 0.816. The van der Waals surface area contributed by atoms with Gasteiger partial charge in [-0.1, -0.05) is 29.8 Å². The SMILES string of the molecule is Cc1ccc(CN2CCC(Nc3ncc(Br)cn3)C2=O)cc1. The molecular weight excluding hydrogens is 344 g/mol. The fourth-order valence-corrected chi connectivity index (χ4v) is 2.69. The molecular formula is C16H17BrN4O. The summed E-state index contributed by atoms with van der Waals surface area (Å²) in [5, 5.41) is 3.11. The molecule has 0 saturated carbocycles. The van der Waals surface area contributed by atoms with Crippen molar-refractivity contribution in [2.45, 2.75) is 25.9 Å². The van der Waals surface area contributed by atoms with Crippen LogP contribution in [0.2, 0.25) is 0 Å². The van der Waals surface area contributed by atoms with Crippen molar-refractivity contribution >= 4 is 27.8 Å². The molecule has 0 radical (unpaired) electrons. The number of halogens is 1. The fraction of sp³-hybridized carbons (Fsp3) is 0.312. The Morgan fingerprint density at radius 1 is 1.27 bits per heavy atom. The van der Waals surface area contributed by atoms with E-state index in [9.17, 15) is 4.79 Å². The van der Waals surface area contributed by atoms with Gasteiger partial charge in [0.15, 0.2) is 0 Å². The molecule has 114 valence electrons. The van der Waals surface area contributed by atoms with Gasteiger partial charge in [0.1, 0.15) is 6.04 Å². The van der Waals surface area contributed by atoms with Crippen LogP contribution in [0.1, 0.15) is 17.5 Å². The second-order valence-corrected chi connectivity index (χ2v) is 6.37. The lowest BCUT2D eigenvalue weighted by Gasteiger charge is -2.17. The normalized spacial score (nSPS) is 17.8. The zero-order valence-electron chi connectivity index (χ0n) is 12.3. The zero-order chi connectivity index (χ0) is 15.5. The summed E-state index contributed by atoms with van der Waals surface area (Å²) in [6, 6.07) is 8.04. The van der Waals surface area contributed by atoms with E-state index in [-0.39, 0.29) is 11.9 Å². The molecule has 1 unspecified atom stereocenters. The Morgan fingerprint density at radius 3 is 2.64 bits per heavy atom. The number of likely N-dealkylation sites (tertiary alicyclic amines) is 1. The number of anilines is 1. The number of aromatic nitrogens is 2. The van der Waals surface area contributed by atoms with Crippen molar-refractivity contribution in [2.75, 3.05) is 11.9 Å². The number of nitrogens with zero attached hydrogens (tertiary/aromatic N) is 3.